The van der Waals surface area contributed by atoms with E-state index in [4.69, 9.17) is 4.74 Å². The number of esters is 1. The number of aryl methyl sites for hydroxylation is 1. The third-order valence-electron chi connectivity index (χ3n) is 2.39. The molecule has 0 aliphatic carbocycles. The van der Waals surface area contributed by atoms with E-state index in [-0.39, 0.29) is 5.91 Å². The Morgan fingerprint density at radius 3 is 2.63 bits per heavy atom. The average Bonchev–Trinajstić information content (AvgIpc) is 2.40. The van der Waals surface area contributed by atoms with Gasteiger partial charge in [-0.25, -0.2) is 4.79 Å². The van der Waals surface area contributed by atoms with Gasteiger partial charge >= 0.3 is 5.97 Å². The first-order chi connectivity index (χ1) is 9.08. The van der Waals surface area contributed by atoms with Crippen molar-refractivity contribution in [3.8, 4) is 0 Å². The predicted molar refractivity (Wildman–Crippen MR) is 75.1 cm³/mol. The molecule has 0 radical (unpaired) electrons. The van der Waals surface area contributed by atoms with E-state index in [1.165, 1.54) is 13.2 Å². The molecule has 1 amide bonds. The third kappa shape index (κ3) is 4.43. The lowest BCUT2D eigenvalue weighted by atomic mass is 10.1. The number of methoxy groups -OCH3 is 1. The van der Waals surface area contributed by atoms with E-state index in [9.17, 15) is 9.59 Å². The molecule has 0 aliphatic heterocycles. The number of carbonyl (C=O) groups is 2. The molecule has 0 fully saturated rings. The highest BCUT2D eigenvalue weighted by molar-refractivity contribution is 6.05. The zero-order chi connectivity index (χ0) is 14.3. The monoisotopic (exact) mass is 259 g/mol. The van der Waals surface area contributed by atoms with Crippen LogP contribution >= 0.6 is 0 Å². The van der Waals surface area contributed by atoms with Gasteiger partial charge in [-0.2, -0.15) is 0 Å². The number of hydrogen-bond donors (Lipinski definition) is 1. The van der Waals surface area contributed by atoms with Gasteiger partial charge in [-0.3, -0.25) is 4.79 Å². The first-order valence-corrected chi connectivity index (χ1v) is 5.87. The molecule has 0 aromatic heterocycles. The molecule has 4 heteroatoms. The van der Waals surface area contributed by atoms with E-state index in [0.29, 0.717) is 11.3 Å². The summed E-state index contributed by atoms with van der Waals surface area (Å²) in [4.78, 5) is 23.3. The molecule has 1 aromatic carbocycles. The molecule has 100 valence electrons. The largest absolute Gasteiger partial charge is 0.465 e. The fraction of sp³-hybridized carbons (Fsp3) is 0.200. The molecule has 0 spiro atoms. The zero-order valence-electron chi connectivity index (χ0n) is 11.3. The second-order valence-electron chi connectivity index (χ2n) is 3.91. The number of rotatable bonds is 4. The smallest absolute Gasteiger partial charge is 0.339 e. The summed E-state index contributed by atoms with van der Waals surface area (Å²) in [5, 5.41) is 2.65. The van der Waals surface area contributed by atoms with Crippen molar-refractivity contribution in [3.05, 3.63) is 53.6 Å². The number of carbonyl (C=O) groups excluding carboxylic acids is 2. The van der Waals surface area contributed by atoms with Gasteiger partial charge in [0.25, 0.3) is 0 Å². The van der Waals surface area contributed by atoms with Gasteiger partial charge in [0.05, 0.1) is 18.4 Å². The quantitative estimate of drug-likeness (QED) is 0.514. The number of nitrogens with one attached hydrogen (secondary N) is 1. The van der Waals surface area contributed by atoms with Crippen molar-refractivity contribution in [1.29, 1.82) is 0 Å². The Kier molecular flexibility index (Phi) is 5.54. The van der Waals surface area contributed by atoms with Crippen molar-refractivity contribution in [2.75, 3.05) is 12.4 Å². The summed E-state index contributed by atoms with van der Waals surface area (Å²) in [5.74, 6) is -0.775. The Morgan fingerprint density at radius 2 is 2.00 bits per heavy atom. The Hall–Kier alpha value is -2.36. The highest BCUT2D eigenvalue weighted by Crippen LogP contribution is 2.18. The van der Waals surface area contributed by atoms with E-state index in [0.717, 1.165) is 5.56 Å². The average molecular weight is 259 g/mol. The van der Waals surface area contributed by atoms with E-state index in [2.05, 4.69) is 5.32 Å². The molecule has 19 heavy (non-hydrogen) atoms. The fourth-order valence-corrected chi connectivity index (χ4v) is 1.47. The van der Waals surface area contributed by atoms with Gasteiger partial charge in [0, 0.05) is 6.08 Å². The normalized spacial score (nSPS) is 10.9. The zero-order valence-corrected chi connectivity index (χ0v) is 11.3. The molecule has 0 bridgehead atoms. The predicted octanol–water partition coefficient (Wildman–Crippen LogP) is 2.85. The maximum Gasteiger partial charge on any atom is 0.339 e. The number of anilines is 1. The minimum Gasteiger partial charge on any atom is -0.465 e. The van der Waals surface area contributed by atoms with E-state index >= 15 is 0 Å². The number of amides is 1. The molecule has 0 saturated carbocycles. The summed E-state index contributed by atoms with van der Waals surface area (Å²) in [6.45, 7) is 3.72. The van der Waals surface area contributed by atoms with Crippen LogP contribution in [0, 0.1) is 6.92 Å². The summed E-state index contributed by atoms with van der Waals surface area (Å²) in [6, 6.07) is 5.18. The van der Waals surface area contributed by atoms with Crippen LogP contribution in [0.5, 0.6) is 0 Å². The lowest BCUT2D eigenvalue weighted by Crippen LogP contribution is -2.13. The van der Waals surface area contributed by atoms with Gasteiger partial charge < -0.3 is 10.1 Å². The summed E-state index contributed by atoms with van der Waals surface area (Å²) < 4.78 is 4.69. The molecule has 4 nitrogen and oxygen atoms in total. The number of ether oxygens (including phenoxy) is 1. The molecule has 0 saturated heterocycles. The second kappa shape index (κ2) is 7.16. The highest BCUT2D eigenvalue weighted by Gasteiger charge is 2.13. The van der Waals surface area contributed by atoms with Gasteiger partial charge in [-0.15, -0.1) is 0 Å². The Labute approximate surface area is 112 Å². The summed E-state index contributed by atoms with van der Waals surface area (Å²) in [5.41, 5.74) is 1.70. The van der Waals surface area contributed by atoms with Gasteiger partial charge in [-0.05, 0) is 26.0 Å². The fourth-order valence-electron chi connectivity index (χ4n) is 1.47. The summed E-state index contributed by atoms with van der Waals surface area (Å²) in [7, 11) is 1.31. The third-order valence-corrected chi connectivity index (χ3v) is 2.39. The Balaban J connectivity index is 2.94. The highest BCUT2D eigenvalue weighted by atomic mass is 16.5. The molecule has 0 aliphatic rings. The van der Waals surface area contributed by atoms with Crippen LogP contribution in [-0.4, -0.2) is 19.0 Å². The molecule has 1 aromatic rings. The topological polar surface area (TPSA) is 55.4 Å². The van der Waals surface area contributed by atoms with Gasteiger partial charge in [0.2, 0.25) is 5.91 Å². The maximum absolute atomic E-state index is 11.7. The van der Waals surface area contributed by atoms with Crippen molar-refractivity contribution < 1.29 is 14.3 Å². The van der Waals surface area contributed by atoms with Gasteiger partial charge in [0.1, 0.15) is 0 Å². The van der Waals surface area contributed by atoms with E-state index < -0.39 is 5.97 Å². The van der Waals surface area contributed by atoms with Crippen molar-refractivity contribution in [1.82, 2.24) is 0 Å². The van der Waals surface area contributed by atoms with Crippen LogP contribution in [0.4, 0.5) is 5.69 Å². The van der Waals surface area contributed by atoms with Gasteiger partial charge in [0.15, 0.2) is 0 Å². The summed E-state index contributed by atoms with van der Waals surface area (Å²) in [6.07, 6.45) is 6.58. The number of hydrogen-bond acceptors (Lipinski definition) is 3. The molecular weight excluding hydrogens is 242 g/mol. The molecule has 1 rings (SSSR count). The molecule has 0 unspecified atom stereocenters. The SMILES string of the molecule is C/C=C/C=C/C(=O)Nc1ccc(C)cc1C(=O)OC. The number of benzene rings is 1. The van der Waals surface area contributed by atoms with Gasteiger partial charge in [-0.1, -0.05) is 29.9 Å². The molecular formula is C15H17NO3. The van der Waals surface area contributed by atoms with Crippen molar-refractivity contribution in [2.24, 2.45) is 0 Å². The van der Waals surface area contributed by atoms with Crippen LogP contribution in [-0.2, 0) is 9.53 Å². The lowest BCUT2D eigenvalue weighted by molar-refractivity contribution is -0.111. The first kappa shape index (κ1) is 14.7. The molecule has 1 N–H and O–H groups in total. The van der Waals surface area contributed by atoms with Crippen molar-refractivity contribution >= 4 is 17.6 Å². The van der Waals surface area contributed by atoms with Crippen LogP contribution < -0.4 is 5.32 Å². The van der Waals surface area contributed by atoms with E-state index in [1.807, 2.05) is 26.0 Å². The lowest BCUT2D eigenvalue weighted by Gasteiger charge is -2.09. The van der Waals surface area contributed by atoms with Crippen LogP contribution in [0.3, 0.4) is 0 Å². The maximum atomic E-state index is 11.7. The molecule has 0 atom stereocenters. The second-order valence-corrected chi connectivity index (χ2v) is 3.91. The minimum atomic E-state index is -0.476. The van der Waals surface area contributed by atoms with E-state index in [1.54, 1.807) is 24.3 Å². The van der Waals surface area contributed by atoms with Crippen LogP contribution in [0.15, 0.2) is 42.5 Å². The standard InChI is InChI=1S/C15H17NO3/c1-4-5-6-7-14(17)16-13-9-8-11(2)10-12(13)15(18)19-3/h4-10H,1-3H3,(H,16,17)/b5-4+,7-6+. The van der Waals surface area contributed by atoms with Crippen LogP contribution in [0.1, 0.15) is 22.8 Å². The first-order valence-electron chi connectivity index (χ1n) is 5.87. The minimum absolute atomic E-state index is 0.299. The Morgan fingerprint density at radius 1 is 1.26 bits per heavy atom. The molecule has 0 heterocycles. The van der Waals surface area contributed by atoms with Crippen molar-refractivity contribution in [2.45, 2.75) is 13.8 Å². The van der Waals surface area contributed by atoms with Crippen LogP contribution in [0.25, 0.3) is 0 Å². The Bertz CT molecular complexity index is 530. The number of allylic oxidation sites excluding steroid dienone is 3. The van der Waals surface area contributed by atoms with Crippen LogP contribution in [0.2, 0.25) is 0 Å². The van der Waals surface area contributed by atoms with Crippen molar-refractivity contribution in [3.63, 3.8) is 0 Å². The summed E-state index contributed by atoms with van der Waals surface area (Å²) >= 11 is 0.